The number of amides is 1. The fraction of sp³-hybridized carbons (Fsp3) is 0.263. The van der Waals surface area contributed by atoms with Gasteiger partial charge in [-0.2, -0.15) is 10.1 Å². The predicted octanol–water partition coefficient (Wildman–Crippen LogP) is 3.33. The van der Waals surface area contributed by atoms with E-state index >= 15 is 0 Å². The Morgan fingerprint density at radius 2 is 1.97 bits per heavy atom. The molecule has 0 aliphatic heterocycles. The first-order valence-electron chi connectivity index (χ1n) is 9.05. The number of carbonyl (C=O) groups excluding carboxylic acids is 1. The number of carbonyl (C=O) groups is 1. The van der Waals surface area contributed by atoms with Crippen LogP contribution >= 0.6 is 0 Å². The maximum Gasteiger partial charge on any atom is 0.263 e. The molecule has 2 N–H and O–H groups in total. The summed E-state index contributed by atoms with van der Waals surface area (Å²) < 4.78 is 54.6. The topological polar surface area (TPSA) is 88.0 Å². The summed E-state index contributed by atoms with van der Waals surface area (Å²) in [6, 6.07) is 2.94. The summed E-state index contributed by atoms with van der Waals surface area (Å²) in [6.45, 7) is -0.0879. The molecule has 0 saturated heterocycles. The molecule has 12 heteroatoms. The number of aromatic nitrogens is 4. The van der Waals surface area contributed by atoms with E-state index < -0.39 is 23.6 Å². The van der Waals surface area contributed by atoms with Gasteiger partial charge in [-0.15, -0.1) is 0 Å². The maximum atomic E-state index is 14.1. The standard InChI is InChI=1S/C19H19F4N7O/c1-29(2)16(31)10-30-9-14(7-26-30)27-19-25-8-15(21)18(28-19)24-6-11-3-12(17(22)23)5-13(20)4-11/h3-5,7-9,17H,6,10H2,1-2H3,(H2,24,25,27,28). The lowest BCUT2D eigenvalue weighted by atomic mass is 10.1. The largest absolute Gasteiger partial charge is 0.363 e. The SMILES string of the molecule is CN(C)C(=O)Cn1cc(Nc2ncc(F)c(NCc3cc(F)cc(C(F)F)c3)n2)cn1. The average Bonchev–Trinajstić information content (AvgIpc) is 3.14. The molecular weight excluding hydrogens is 418 g/mol. The number of nitrogens with one attached hydrogen (secondary N) is 2. The molecule has 0 aliphatic rings. The number of likely N-dealkylation sites (N-methyl/N-ethyl adjacent to an activating group) is 1. The van der Waals surface area contributed by atoms with Crippen LogP contribution in [0.3, 0.4) is 0 Å². The molecule has 0 spiro atoms. The van der Waals surface area contributed by atoms with Crippen molar-refractivity contribution < 1.29 is 22.4 Å². The minimum Gasteiger partial charge on any atom is -0.363 e. The Morgan fingerprint density at radius 3 is 2.68 bits per heavy atom. The van der Waals surface area contributed by atoms with Crippen molar-refractivity contribution in [3.8, 4) is 0 Å². The lowest BCUT2D eigenvalue weighted by Crippen LogP contribution is -2.26. The van der Waals surface area contributed by atoms with E-state index in [4.69, 9.17) is 0 Å². The van der Waals surface area contributed by atoms with Crippen molar-refractivity contribution in [3.05, 3.63) is 59.6 Å². The molecule has 0 fully saturated rings. The van der Waals surface area contributed by atoms with Crippen LogP contribution < -0.4 is 10.6 Å². The summed E-state index contributed by atoms with van der Waals surface area (Å²) in [6.07, 6.45) is 1.10. The Labute approximate surface area is 174 Å². The minimum atomic E-state index is -2.82. The van der Waals surface area contributed by atoms with Crippen LogP contribution in [0.1, 0.15) is 17.6 Å². The number of hydrogen-bond acceptors (Lipinski definition) is 6. The fourth-order valence-electron chi connectivity index (χ4n) is 2.56. The highest BCUT2D eigenvalue weighted by Gasteiger charge is 2.12. The summed E-state index contributed by atoms with van der Waals surface area (Å²) >= 11 is 0. The smallest absolute Gasteiger partial charge is 0.263 e. The van der Waals surface area contributed by atoms with E-state index in [1.165, 1.54) is 15.8 Å². The summed E-state index contributed by atoms with van der Waals surface area (Å²) in [7, 11) is 3.26. The number of anilines is 3. The second kappa shape index (κ2) is 9.41. The number of rotatable bonds is 8. The molecule has 0 unspecified atom stereocenters. The van der Waals surface area contributed by atoms with E-state index in [-0.39, 0.29) is 36.3 Å². The van der Waals surface area contributed by atoms with Gasteiger partial charge in [-0.25, -0.2) is 22.5 Å². The summed E-state index contributed by atoms with van der Waals surface area (Å²) in [5.74, 6) is -1.90. The number of alkyl halides is 2. The Bertz CT molecular complexity index is 1070. The second-order valence-corrected chi connectivity index (χ2v) is 6.78. The molecule has 2 heterocycles. The van der Waals surface area contributed by atoms with Crippen LogP contribution in [0.25, 0.3) is 0 Å². The van der Waals surface area contributed by atoms with Crippen LogP contribution in [0.2, 0.25) is 0 Å². The molecule has 0 aliphatic carbocycles. The fourth-order valence-corrected chi connectivity index (χ4v) is 2.56. The third-order valence-corrected chi connectivity index (χ3v) is 4.12. The van der Waals surface area contributed by atoms with Crippen molar-refractivity contribution in [1.82, 2.24) is 24.6 Å². The monoisotopic (exact) mass is 437 g/mol. The summed E-state index contributed by atoms with van der Waals surface area (Å²) in [4.78, 5) is 21.0. The van der Waals surface area contributed by atoms with E-state index in [1.54, 1.807) is 20.3 Å². The van der Waals surface area contributed by atoms with E-state index in [1.807, 2.05) is 0 Å². The van der Waals surface area contributed by atoms with Gasteiger partial charge < -0.3 is 15.5 Å². The molecule has 164 valence electrons. The minimum absolute atomic E-state index is 0.0369. The second-order valence-electron chi connectivity index (χ2n) is 6.78. The van der Waals surface area contributed by atoms with Gasteiger partial charge in [0.15, 0.2) is 11.6 Å². The van der Waals surface area contributed by atoms with Crippen LogP contribution in [-0.2, 0) is 17.9 Å². The van der Waals surface area contributed by atoms with Crippen molar-refractivity contribution in [2.24, 2.45) is 0 Å². The molecule has 0 atom stereocenters. The molecule has 0 bridgehead atoms. The Hall–Kier alpha value is -3.70. The van der Waals surface area contributed by atoms with E-state index in [0.29, 0.717) is 5.69 Å². The molecule has 3 aromatic rings. The summed E-state index contributed by atoms with van der Waals surface area (Å²) in [5.41, 5.74) is 0.206. The number of hydrogen-bond donors (Lipinski definition) is 2. The number of nitrogens with zero attached hydrogens (tertiary/aromatic N) is 5. The lowest BCUT2D eigenvalue weighted by Gasteiger charge is -2.10. The zero-order chi connectivity index (χ0) is 22.5. The predicted molar refractivity (Wildman–Crippen MR) is 105 cm³/mol. The molecule has 2 aromatic heterocycles. The molecule has 31 heavy (non-hydrogen) atoms. The summed E-state index contributed by atoms with van der Waals surface area (Å²) in [5, 5.41) is 9.52. The Balaban J connectivity index is 1.68. The van der Waals surface area contributed by atoms with Gasteiger partial charge in [-0.05, 0) is 23.8 Å². The first-order chi connectivity index (χ1) is 14.7. The van der Waals surface area contributed by atoms with Crippen molar-refractivity contribution >= 4 is 23.4 Å². The normalized spacial score (nSPS) is 10.9. The van der Waals surface area contributed by atoms with Gasteiger partial charge in [0.1, 0.15) is 12.4 Å². The zero-order valence-electron chi connectivity index (χ0n) is 16.6. The van der Waals surface area contributed by atoms with Gasteiger partial charge in [-0.3, -0.25) is 9.48 Å². The third kappa shape index (κ3) is 5.90. The Kier molecular flexibility index (Phi) is 6.68. The first kappa shape index (κ1) is 22.0. The number of benzene rings is 1. The van der Waals surface area contributed by atoms with Crippen molar-refractivity contribution in [3.63, 3.8) is 0 Å². The number of halogens is 4. The quantitative estimate of drug-likeness (QED) is 0.526. The molecule has 3 rings (SSSR count). The molecule has 0 radical (unpaired) electrons. The van der Waals surface area contributed by atoms with E-state index in [9.17, 15) is 22.4 Å². The van der Waals surface area contributed by atoms with E-state index in [0.717, 1.165) is 24.4 Å². The van der Waals surface area contributed by atoms with Crippen molar-refractivity contribution in [2.75, 3.05) is 24.7 Å². The lowest BCUT2D eigenvalue weighted by molar-refractivity contribution is -0.129. The van der Waals surface area contributed by atoms with Crippen LogP contribution in [0.15, 0.2) is 36.8 Å². The van der Waals surface area contributed by atoms with Crippen LogP contribution in [0.5, 0.6) is 0 Å². The van der Waals surface area contributed by atoms with Gasteiger partial charge in [-0.1, -0.05) is 0 Å². The van der Waals surface area contributed by atoms with Gasteiger partial charge in [0.05, 0.1) is 18.1 Å². The molecule has 8 nitrogen and oxygen atoms in total. The molecule has 0 saturated carbocycles. The molecule has 1 amide bonds. The highest BCUT2D eigenvalue weighted by Crippen LogP contribution is 2.22. The zero-order valence-corrected chi connectivity index (χ0v) is 16.6. The van der Waals surface area contributed by atoms with E-state index in [2.05, 4.69) is 25.7 Å². The van der Waals surface area contributed by atoms with Crippen LogP contribution in [0, 0.1) is 11.6 Å². The maximum absolute atomic E-state index is 14.1. The highest BCUT2D eigenvalue weighted by atomic mass is 19.3. The van der Waals surface area contributed by atoms with Gasteiger partial charge in [0, 0.05) is 32.4 Å². The van der Waals surface area contributed by atoms with Gasteiger partial charge in [0.2, 0.25) is 11.9 Å². The molecule has 1 aromatic carbocycles. The average molecular weight is 437 g/mol. The third-order valence-electron chi connectivity index (χ3n) is 4.12. The van der Waals surface area contributed by atoms with Gasteiger partial charge in [0.25, 0.3) is 6.43 Å². The van der Waals surface area contributed by atoms with Gasteiger partial charge >= 0.3 is 0 Å². The van der Waals surface area contributed by atoms with Crippen LogP contribution in [0.4, 0.5) is 35.0 Å². The Morgan fingerprint density at radius 1 is 1.19 bits per heavy atom. The first-order valence-corrected chi connectivity index (χ1v) is 9.05. The van der Waals surface area contributed by atoms with Crippen LogP contribution in [-0.4, -0.2) is 44.7 Å². The van der Waals surface area contributed by atoms with Crippen molar-refractivity contribution in [2.45, 2.75) is 19.5 Å². The van der Waals surface area contributed by atoms with Crippen molar-refractivity contribution in [1.29, 1.82) is 0 Å². The highest BCUT2D eigenvalue weighted by molar-refractivity contribution is 5.75. The molecular formula is C19H19F4N7O.